The lowest BCUT2D eigenvalue weighted by molar-refractivity contribution is -0.00237. The average molecular weight is 184 g/mol. The molecule has 2 heterocycles. The highest BCUT2D eigenvalue weighted by Gasteiger charge is 2.25. The zero-order valence-corrected chi connectivity index (χ0v) is 7.59. The van der Waals surface area contributed by atoms with E-state index in [0.717, 1.165) is 25.0 Å². The summed E-state index contributed by atoms with van der Waals surface area (Å²) < 4.78 is 5.39. The van der Waals surface area contributed by atoms with E-state index in [4.69, 9.17) is 4.74 Å². The number of thiophene rings is 1. The number of ether oxygens (including phenoxy) is 1. The van der Waals surface area contributed by atoms with Crippen LogP contribution in [-0.4, -0.2) is 17.8 Å². The third-order valence-corrected chi connectivity index (χ3v) is 2.90. The Labute approximate surface area is 75.8 Å². The molecule has 66 valence electrons. The molecule has 3 heteroatoms. The van der Waals surface area contributed by atoms with Crippen LogP contribution in [0.5, 0.6) is 0 Å². The van der Waals surface area contributed by atoms with Crippen LogP contribution in [0, 0.1) is 0 Å². The van der Waals surface area contributed by atoms with E-state index in [1.807, 2.05) is 16.8 Å². The van der Waals surface area contributed by atoms with Crippen molar-refractivity contribution in [1.82, 2.24) is 0 Å². The molecular weight excluding hydrogens is 172 g/mol. The predicted molar refractivity (Wildman–Crippen MR) is 48.3 cm³/mol. The lowest BCUT2D eigenvalue weighted by Gasteiger charge is -2.15. The van der Waals surface area contributed by atoms with Crippen molar-refractivity contribution in [2.45, 2.75) is 25.0 Å². The second-order valence-corrected chi connectivity index (χ2v) is 3.83. The summed E-state index contributed by atoms with van der Waals surface area (Å²) in [4.78, 5) is 0. The SMILES string of the molecule is OC(c1ccsc1)C1CCCO1. The summed E-state index contributed by atoms with van der Waals surface area (Å²) in [6, 6.07) is 1.96. The number of rotatable bonds is 2. The maximum atomic E-state index is 9.79. The zero-order valence-electron chi connectivity index (χ0n) is 6.77. The van der Waals surface area contributed by atoms with Crippen LogP contribution in [0.2, 0.25) is 0 Å². The first-order valence-electron chi connectivity index (χ1n) is 4.19. The van der Waals surface area contributed by atoms with Gasteiger partial charge in [0.2, 0.25) is 0 Å². The van der Waals surface area contributed by atoms with Crippen LogP contribution < -0.4 is 0 Å². The molecule has 1 saturated heterocycles. The molecule has 1 fully saturated rings. The number of aliphatic hydroxyl groups excluding tert-OH is 1. The van der Waals surface area contributed by atoms with E-state index in [1.165, 1.54) is 0 Å². The van der Waals surface area contributed by atoms with Gasteiger partial charge in [-0.2, -0.15) is 11.3 Å². The molecule has 2 nitrogen and oxygen atoms in total. The van der Waals surface area contributed by atoms with Gasteiger partial charge in [-0.3, -0.25) is 0 Å². The Morgan fingerprint density at radius 2 is 2.58 bits per heavy atom. The van der Waals surface area contributed by atoms with Gasteiger partial charge in [-0.1, -0.05) is 0 Å². The minimum absolute atomic E-state index is 0.0274. The monoisotopic (exact) mass is 184 g/mol. The second kappa shape index (κ2) is 3.56. The molecule has 0 radical (unpaired) electrons. The van der Waals surface area contributed by atoms with E-state index in [2.05, 4.69) is 0 Å². The summed E-state index contributed by atoms with van der Waals surface area (Å²) in [7, 11) is 0. The summed E-state index contributed by atoms with van der Waals surface area (Å²) in [5.74, 6) is 0. The third kappa shape index (κ3) is 1.53. The largest absolute Gasteiger partial charge is 0.386 e. The molecular formula is C9H12O2S. The van der Waals surface area contributed by atoms with Crippen molar-refractivity contribution in [3.05, 3.63) is 22.4 Å². The van der Waals surface area contributed by atoms with Crippen LogP contribution in [0.25, 0.3) is 0 Å². The van der Waals surface area contributed by atoms with E-state index in [1.54, 1.807) is 11.3 Å². The van der Waals surface area contributed by atoms with E-state index in [0.29, 0.717) is 0 Å². The molecule has 0 bridgehead atoms. The van der Waals surface area contributed by atoms with Crippen LogP contribution >= 0.6 is 11.3 Å². The standard InChI is InChI=1S/C9H12O2S/c10-9(7-3-5-12-6-7)8-2-1-4-11-8/h3,5-6,8-10H,1-2,4H2. The predicted octanol–water partition coefficient (Wildman–Crippen LogP) is 1.96. The number of aliphatic hydroxyl groups is 1. The Morgan fingerprint density at radius 3 is 3.17 bits per heavy atom. The average Bonchev–Trinajstić information content (AvgIpc) is 2.77. The van der Waals surface area contributed by atoms with Crippen molar-refractivity contribution >= 4 is 11.3 Å². The lowest BCUT2D eigenvalue weighted by atomic mass is 10.1. The van der Waals surface area contributed by atoms with Crippen molar-refractivity contribution in [2.24, 2.45) is 0 Å². The first-order valence-corrected chi connectivity index (χ1v) is 5.14. The molecule has 12 heavy (non-hydrogen) atoms. The Bertz CT molecular complexity index is 227. The number of hydrogen-bond acceptors (Lipinski definition) is 3. The van der Waals surface area contributed by atoms with Crippen molar-refractivity contribution in [3.63, 3.8) is 0 Å². The maximum absolute atomic E-state index is 9.79. The molecule has 2 rings (SSSR count). The third-order valence-electron chi connectivity index (χ3n) is 2.20. The van der Waals surface area contributed by atoms with Gasteiger partial charge in [0, 0.05) is 6.61 Å². The van der Waals surface area contributed by atoms with Gasteiger partial charge in [0.25, 0.3) is 0 Å². The maximum Gasteiger partial charge on any atom is 0.106 e. The van der Waals surface area contributed by atoms with Crippen molar-refractivity contribution in [1.29, 1.82) is 0 Å². The summed E-state index contributed by atoms with van der Waals surface area (Å²) in [5.41, 5.74) is 0.993. The highest BCUT2D eigenvalue weighted by atomic mass is 32.1. The molecule has 0 spiro atoms. The first-order chi connectivity index (χ1) is 5.88. The molecule has 0 amide bonds. The summed E-state index contributed by atoms with van der Waals surface area (Å²) in [5, 5.41) is 13.7. The zero-order chi connectivity index (χ0) is 8.39. The van der Waals surface area contributed by atoms with Crippen molar-refractivity contribution < 1.29 is 9.84 Å². The van der Waals surface area contributed by atoms with Gasteiger partial charge in [0.15, 0.2) is 0 Å². The van der Waals surface area contributed by atoms with Crippen LogP contribution in [0.3, 0.4) is 0 Å². The Kier molecular flexibility index (Phi) is 2.44. The second-order valence-electron chi connectivity index (χ2n) is 3.05. The molecule has 1 aromatic rings. The highest BCUT2D eigenvalue weighted by molar-refractivity contribution is 7.07. The van der Waals surface area contributed by atoms with Gasteiger partial charge in [0.05, 0.1) is 6.10 Å². The van der Waals surface area contributed by atoms with Gasteiger partial charge in [-0.15, -0.1) is 0 Å². The molecule has 0 saturated carbocycles. The van der Waals surface area contributed by atoms with Crippen LogP contribution in [-0.2, 0) is 4.74 Å². The topological polar surface area (TPSA) is 29.5 Å². The fourth-order valence-electron chi connectivity index (χ4n) is 1.51. The normalized spacial score (nSPS) is 25.9. The minimum atomic E-state index is -0.418. The van der Waals surface area contributed by atoms with Gasteiger partial charge < -0.3 is 9.84 Å². The Morgan fingerprint density at radius 1 is 1.67 bits per heavy atom. The van der Waals surface area contributed by atoms with E-state index in [9.17, 15) is 5.11 Å². The highest BCUT2D eigenvalue weighted by Crippen LogP contribution is 2.27. The summed E-state index contributed by atoms with van der Waals surface area (Å²) >= 11 is 1.61. The summed E-state index contributed by atoms with van der Waals surface area (Å²) in [6.07, 6.45) is 1.67. The van der Waals surface area contributed by atoms with E-state index >= 15 is 0 Å². The Hall–Kier alpha value is -0.380. The van der Waals surface area contributed by atoms with Gasteiger partial charge in [-0.05, 0) is 35.2 Å². The lowest BCUT2D eigenvalue weighted by Crippen LogP contribution is -2.16. The van der Waals surface area contributed by atoms with E-state index < -0.39 is 6.10 Å². The molecule has 2 unspecified atom stereocenters. The van der Waals surface area contributed by atoms with Crippen molar-refractivity contribution in [2.75, 3.05) is 6.61 Å². The molecule has 1 aliphatic heterocycles. The van der Waals surface area contributed by atoms with Crippen LogP contribution in [0.15, 0.2) is 16.8 Å². The minimum Gasteiger partial charge on any atom is -0.386 e. The van der Waals surface area contributed by atoms with Crippen LogP contribution in [0.1, 0.15) is 24.5 Å². The quantitative estimate of drug-likeness (QED) is 0.761. The van der Waals surface area contributed by atoms with Gasteiger partial charge in [-0.25, -0.2) is 0 Å². The fraction of sp³-hybridized carbons (Fsp3) is 0.556. The van der Waals surface area contributed by atoms with Gasteiger partial charge in [0.1, 0.15) is 6.10 Å². The molecule has 1 aromatic heterocycles. The summed E-state index contributed by atoms with van der Waals surface area (Å²) in [6.45, 7) is 0.797. The van der Waals surface area contributed by atoms with Crippen LogP contribution in [0.4, 0.5) is 0 Å². The molecule has 2 atom stereocenters. The van der Waals surface area contributed by atoms with E-state index in [-0.39, 0.29) is 6.10 Å². The van der Waals surface area contributed by atoms with Gasteiger partial charge >= 0.3 is 0 Å². The molecule has 0 aromatic carbocycles. The molecule has 0 aliphatic carbocycles. The molecule has 1 N–H and O–H groups in total. The number of hydrogen-bond donors (Lipinski definition) is 1. The smallest absolute Gasteiger partial charge is 0.106 e. The first kappa shape index (κ1) is 8.23. The fourth-order valence-corrected chi connectivity index (χ4v) is 2.20. The van der Waals surface area contributed by atoms with Crippen molar-refractivity contribution in [3.8, 4) is 0 Å². The molecule has 1 aliphatic rings. The Balaban J connectivity index is 2.04.